The van der Waals surface area contributed by atoms with E-state index in [9.17, 15) is 83.4 Å². The highest BCUT2D eigenvalue weighted by atomic mass is 16.4. The number of β-amino-alcohol motifs (C(OH)–C–C–N with tert-alkyl or cyclic N) is 1. The molecule has 0 aromatic carbocycles. The van der Waals surface area contributed by atoms with Gasteiger partial charge in [0.25, 0.3) is 11.8 Å². The van der Waals surface area contributed by atoms with Gasteiger partial charge in [-0.25, -0.2) is 4.79 Å². The second kappa shape index (κ2) is 28.0. The molecule has 1 aliphatic heterocycles. The van der Waals surface area contributed by atoms with Crippen molar-refractivity contribution in [3.63, 3.8) is 0 Å². The van der Waals surface area contributed by atoms with E-state index in [1.807, 2.05) is 21.3 Å². The zero-order valence-electron chi connectivity index (χ0n) is 36.8. The summed E-state index contributed by atoms with van der Waals surface area (Å²) >= 11 is 0. The van der Waals surface area contributed by atoms with Gasteiger partial charge in [-0.2, -0.15) is 0 Å². The topological polar surface area (TPSA) is 443 Å². The molecule has 27 heteroatoms. The van der Waals surface area contributed by atoms with Crippen molar-refractivity contribution in [3.05, 3.63) is 0 Å². The van der Waals surface area contributed by atoms with Crippen LogP contribution in [0, 0.1) is 5.92 Å². The molecule has 0 spiro atoms. The zero-order valence-corrected chi connectivity index (χ0v) is 36.8. The van der Waals surface area contributed by atoms with Crippen LogP contribution >= 0.6 is 0 Å². The van der Waals surface area contributed by atoms with E-state index in [-0.39, 0.29) is 6.42 Å². The zero-order chi connectivity index (χ0) is 49.7. The van der Waals surface area contributed by atoms with Crippen molar-refractivity contribution in [1.82, 2.24) is 47.9 Å². The Morgan fingerprint density at radius 1 is 0.692 bits per heavy atom. The number of hydrogen-bond donors (Lipinski definition) is 16. The number of amides is 10. The number of aliphatic hydroxyl groups is 5. The lowest BCUT2D eigenvalue weighted by atomic mass is 9.99. The van der Waals surface area contributed by atoms with Crippen molar-refractivity contribution in [3.8, 4) is 0 Å². The van der Waals surface area contributed by atoms with Crippen molar-refractivity contribution >= 4 is 65.0 Å². The van der Waals surface area contributed by atoms with Crippen LogP contribution in [0.25, 0.3) is 0 Å². The summed E-state index contributed by atoms with van der Waals surface area (Å²) in [7, 11) is 0. The number of carbonyl (C=O) groups is 11. The smallest absolute Gasteiger partial charge is 0.336 e. The average Bonchev–Trinajstić information content (AvgIpc) is 3.24. The first-order chi connectivity index (χ1) is 30.4. The van der Waals surface area contributed by atoms with Gasteiger partial charge in [-0.05, 0) is 26.2 Å². The Labute approximate surface area is 373 Å². The molecule has 11 unspecified atom stereocenters. The molecule has 0 bridgehead atoms. The summed E-state index contributed by atoms with van der Waals surface area (Å²) in [5.41, 5.74) is 5.07. The number of aliphatic hydroxyl groups excluding tert-OH is 5. The number of hydrogen-bond acceptors (Lipinski definition) is 16. The molecule has 1 rings (SSSR count). The maximum absolute atomic E-state index is 13.7. The fourth-order valence-electron chi connectivity index (χ4n) is 5.95. The predicted octanol–water partition coefficient (Wildman–Crippen LogP) is -7.92. The highest BCUT2D eigenvalue weighted by Crippen LogP contribution is 2.10. The minimum Gasteiger partial charge on any atom is -0.479 e. The third-order valence-corrected chi connectivity index (χ3v) is 9.87. The van der Waals surface area contributed by atoms with E-state index in [1.165, 1.54) is 20.8 Å². The number of nitrogens with two attached hydrogens (primary N) is 1. The molecule has 0 aliphatic carbocycles. The number of carboxylic acids is 1. The molecule has 10 amide bonds. The Morgan fingerprint density at radius 2 is 1.23 bits per heavy atom. The average molecular weight is 933 g/mol. The molecule has 0 aromatic rings. The van der Waals surface area contributed by atoms with Crippen LogP contribution in [0.4, 0.5) is 0 Å². The molecular weight excluding hydrogens is 868 g/mol. The van der Waals surface area contributed by atoms with Crippen molar-refractivity contribution < 1.29 is 83.4 Å². The maximum atomic E-state index is 13.7. The SMILES string of the molecule is CCCCCCCCC(=O)NC(C)C(=O)NCC1NC(=O)C(C(=O)O)NC(=O)C(O)CNC(=O)C(C(C)O)NC(=O)C(C(O)C(O)C(N)=O)NC(=O)C(C(C)C)NC(=O)C(CO)NC1=O. The lowest BCUT2D eigenvalue weighted by molar-refractivity contribution is -0.148. The van der Waals surface area contributed by atoms with Crippen LogP contribution in [0.2, 0.25) is 0 Å². The first kappa shape index (κ1) is 57.0. The van der Waals surface area contributed by atoms with Crippen LogP contribution in [0.5, 0.6) is 0 Å². The quantitative estimate of drug-likeness (QED) is 0.0448. The normalized spacial score (nSPS) is 25.2. The number of rotatable bonds is 18. The molecule has 368 valence electrons. The van der Waals surface area contributed by atoms with Gasteiger partial charge in [-0.1, -0.05) is 52.9 Å². The summed E-state index contributed by atoms with van der Waals surface area (Å²) in [6.45, 7) is 3.95. The largest absolute Gasteiger partial charge is 0.479 e. The van der Waals surface area contributed by atoms with E-state index < -0.39 is 157 Å². The number of carboxylic acid groups (broad SMARTS) is 1. The van der Waals surface area contributed by atoms with Gasteiger partial charge in [0.05, 0.1) is 19.3 Å². The fourth-order valence-corrected chi connectivity index (χ4v) is 5.95. The van der Waals surface area contributed by atoms with Gasteiger partial charge in [0.1, 0.15) is 48.5 Å². The Morgan fingerprint density at radius 3 is 1.78 bits per heavy atom. The Bertz CT molecular complexity index is 1720. The summed E-state index contributed by atoms with van der Waals surface area (Å²) < 4.78 is 0. The van der Waals surface area contributed by atoms with E-state index in [0.29, 0.717) is 6.42 Å². The van der Waals surface area contributed by atoms with Crippen LogP contribution in [-0.4, -0.2) is 182 Å². The van der Waals surface area contributed by atoms with Crippen LogP contribution in [0.15, 0.2) is 0 Å². The van der Waals surface area contributed by atoms with Crippen LogP contribution in [-0.2, 0) is 52.7 Å². The van der Waals surface area contributed by atoms with Gasteiger partial charge < -0.3 is 84.2 Å². The minimum absolute atomic E-state index is 0.108. The molecule has 1 fully saturated rings. The summed E-state index contributed by atoms with van der Waals surface area (Å²) in [5.74, 6) is -16.0. The second-order valence-electron chi connectivity index (χ2n) is 15.7. The standard InChI is InChI=1S/C38H64N10O17/c1-6-7-8-9-10-11-12-22(52)42-17(4)30(56)40-13-19-31(57)44-20(15-49)32(58)45-23(16(2)3)35(61)47-25(27(53)28(54)29(39)55)36(62)46-24(18(5)50)34(60)41-14-21(51)33(59)48-26(38(64)65)37(63)43-19/h16-21,23-28,49-51,53-54H,6-15H2,1-5H3,(H2,39,55)(H,40,56)(H,41,60)(H,42,52)(H,43,63)(H,44,57)(H,45,58)(H,46,62)(H,47,61)(H,48,59)(H,64,65). The first-order valence-electron chi connectivity index (χ1n) is 20.9. The summed E-state index contributed by atoms with van der Waals surface area (Å²) in [6.07, 6.45) is -3.76. The summed E-state index contributed by atoms with van der Waals surface area (Å²) in [4.78, 5) is 143. The Hall–Kier alpha value is -6.03. The number of carbonyl (C=O) groups excluding carboxylic acids is 10. The van der Waals surface area contributed by atoms with Crippen molar-refractivity contribution in [1.29, 1.82) is 0 Å². The van der Waals surface area contributed by atoms with Crippen molar-refractivity contribution in [2.45, 2.75) is 146 Å². The number of primary amides is 1. The third kappa shape index (κ3) is 18.9. The Kier molecular flexibility index (Phi) is 24.5. The van der Waals surface area contributed by atoms with Crippen LogP contribution in [0.1, 0.15) is 79.6 Å². The molecule has 1 aliphatic rings. The monoisotopic (exact) mass is 932 g/mol. The van der Waals surface area contributed by atoms with Gasteiger partial charge in [0.2, 0.25) is 53.3 Å². The third-order valence-electron chi connectivity index (χ3n) is 9.87. The van der Waals surface area contributed by atoms with Crippen molar-refractivity contribution in [2.75, 3.05) is 19.7 Å². The molecule has 0 radical (unpaired) electrons. The number of nitrogens with one attached hydrogen (secondary N) is 9. The molecule has 27 nitrogen and oxygen atoms in total. The molecule has 17 N–H and O–H groups in total. The highest BCUT2D eigenvalue weighted by Gasteiger charge is 2.41. The van der Waals surface area contributed by atoms with E-state index in [0.717, 1.165) is 39.0 Å². The molecule has 65 heavy (non-hydrogen) atoms. The molecule has 1 heterocycles. The maximum Gasteiger partial charge on any atom is 0.336 e. The molecule has 11 atom stereocenters. The van der Waals surface area contributed by atoms with Gasteiger partial charge in [-0.3, -0.25) is 47.9 Å². The van der Waals surface area contributed by atoms with Gasteiger partial charge >= 0.3 is 5.97 Å². The van der Waals surface area contributed by atoms with E-state index in [1.54, 1.807) is 5.32 Å². The van der Waals surface area contributed by atoms with Gasteiger partial charge in [0.15, 0.2) is 6.10 Å². The van der Waals surface area contributed by atoms with Crippen LogP contribution in [0.3, 0.4) is 0 Å². The van der Waals surface area contributed by atoms with Crippen molar-refractivity contribution in [2.24, 2.45) is 11.7 Å². The highest BCUT2D eigenvalue weighted by molar-refractivity contribution is 6.06. The van der Waals surface area contributed by atoms with E-state index in [4.69, 9.17) is 5.73 Å². The molecular formula is C38H64N10O17. The summed E-state index contributed by atoms with van der Waals surface area (Å²) in [5, 5.41) is 80.5. The molecule has 1 saturated heterocycles. The fraction of sp³-hybridized carbons (Fsp3) is 0.711. The number of aliphatic carboxylic acids is 1. The van der Waals surface area contributed by atoms with Gasteiger partial charge in [0, 0.05) is 13.0 Å². The molecule has 0 aromatic heterocycles. The van der Waals surface area contributed by atoms with E-state index >= 15 is 0 Å². The second-order valence-corrected chi connectivity index (χ2v) is 15.7. The predicted molar refractivity (Wildman–Crippen MR) is 222 cm³/mol. The minimum atomic E-state index is -2.58. The Balaban J connectivity index is 3.65. The van der Waals surface area contributed by atoms with Crippen LogP contribution < -0.4 is 53.6 Å². The lowest BCUT2D eigenvalue weighted by Gasteiger charge is -2.31. The van der Waals surface area contributed by atoms with E-state index in [2.05, 4.69) is 28.2 Å². The summed E-state index contributed by atoms with van der Waals surface area (Å²) in [6, 6.07) is -13.9. The lowest BCUT2D eigenvalue weighted by Crippen LogP contribution is -2.66. The number of unbranched alkanes of at least 4 members (excludes halogenated alkanes) is 5. The first-order valence-corrected chi connectivity index (χ1v) is 20.9. The van der Waals surface area contributed by atoms with Gasteiger partial charge in [-0.15, -0.1) is 0 Å². The molecule has 0 saturated carbocycles.